The molecule has 1 aromatic rings. The molecule has 0 spiro atoms. The molecule has 0 aliphatic heterocycles. The van der Waals surface area contributed by atoms with Crippen LogP contribution in [0.15, 0.2) is 29.2 Å². The molecule has 1 aliphatic rings. The van der Waals surface area contributed by atoms with Gasteiger partial charge in [0.25, 0.3) is 0 Å². The third kappa shape index (κ3) is 4.98. The molecule has 21 heavy (non-hydrogen) atoms. The standard InChI is InChI=1S/C15H24N2O3S/c16-11-4-12-20-14-7-9-15(10-8-14)21(18,19)17-13-5-2-1-3-6-13/h7-10,13,17H,1-6,11-12,16H2. The van der Waals surface area contributed by atoms with Crippen LogP contribution < -0.4 is 15.2 Å². The number of benzene rings is 1. The quantitative estimate of drug-likeness (QED) is 0.755. The van der Waals surface area contributed by atoms with E-state index in [1.165, 1.54) is 6.42 Å². The fraction of sp³-hybridized carbons (Fsp3) is 0.600. The van der Waals surface area contributed by atoms with Crippen molar-refractivity contribution in [3.05, 3.63) is 24.3 Å². The van der Waals surface area contributed by atoms with Gasteiger partial charge in [-0.3, -0.25) is 0 Å². The molecule has 1 aromatic carbocycles. The van der Waals surface area contributed by atoms with E-state index >= 15 is 0 Å². The summed E-state index contributed by atoms with van der Waals surface area (Å²) in [5.74, 6) is 0.667. The highest BCUT2D eigenvalue weighted by Gasteiger charge is 2.21. The van der Waals surface area contributed by atoms with Crippen LogP contribution in [0.25, 0.3) is 0 Å². The molecule has 0 bridgehead atoms. The van der Waals surface area contributed by atoms with Crippen molar-refractivity contribution < 1.29 is 13.2 Å². The molecule has 1 fully saturated rings. The zero-order valence-corrected chi connectivity index (χ0v) is 13.1. The lowest BCUT2D eigenvalue weighted by Gasteiger charge is -2.22. The van der Waals surface area contributed by atoms with Gasteiger partial charge in [0.05, 0.1) is 11.5 Å². The lowest BCUT2D eigenvalue weighted by molar-refractivity contribution is 0.313. The van der Waals surface area contributed by atoms with Crippen LogP contribution in [0.1, 0.15) is 38.5 Å². The summed E-state index contributed by atoms with van der Waals surface area (Å²) in [6.07, 6.45) is 6.04. The summed E-state index contributed by atoms with van der Waals surface area (Å²) in [4.78, 5) is 0.291. The molecule has 0 radical (unpaired) electrons. The Morgan fingerprint density at radius 3 is 2.43 bits per heavy atom. The van der Waals surface area contributed by atoms with E-state index in [0.29, 0.717) is 23.8 Å². The molecule has 1 aliphatic carbocycles. The number of nitrogens with two attached hydrogens (primary N) is 1. The molecule has 0 atom stereocenters. The van der Waals surface area contributed by atoms with Gasteiger partial charge < -0.3 is 10.5 Å². The topological polar surface area (TPSA) is 81.4 Å². The Labute approximate surface area is 126 Å². The van der Waals surface area contributed by atoms with Gasteiger partial charge in [-0.1, -0.05) is 19.3 Å². The van der Waals surface area contributed by atoms with E-state index in [9.17, 15) is 8.42 Å². The minimum Gasteiger partial charge on any atom is -0.494 e. The predicted octanol–water partition coefficient (Wildman–Crippen LogP) is 2.03. The summed E-state index contributed by atoms with van der Waals surface area (Å²) in [6.45, 7) is 1.13. The minimum absolute atomic E-state index is 0.0734. The summed E-state index contributed by atoms with van der Waals surface area (Å²) in [6, 6.07) is 6.62. The van der Waals surface area contributed by atoms with Gasteiger partial charge in [-0.2, -0.15) is 0 Å². The fourth-order valence-corrected chi connectivity index (χ4v) is 3.80. The van der Waals surface area contributed by atoms with Crippen LogP contribution in [0.5, 0.6) is 5.75 Å². The predicted molar refractivity (Wildman–Crippen MR) is 82.8 cm³/mol. The second-order valence-corrected chi connectivity index (χ2v) is 7.13. The molecule has 6 heteroatoms. The zero-order valence-electron chi connectivity index (χ0n) is 12.3. The number of rotatable bonds is 7. The highest BCUT2D eigenvalue weighted by molar-refractivity contribution is 7.89. The third-order valence-corrected chi connectivity index (χ3v) is 5.21. The average Bonchev–Trinajstić information content (AvgIpc) is 2.49. The molecule has 5 nitrogen and oxygen atoms in total. The molecule has 0 heterocycles. The Morgan fingerprint density at radius 2 is 1.81 bits per heavy atom. The maximum Gasteiger partial charge on any atom is 0.240 e. The first-order valence-corrected chi connectivity index (χ1v) is 9.05. The number of ether oxygens (including phenoxy) is 1. The van der Waals surface area contributed by atoms with E-state index in [2.05, 4.69) is 4.72 Å². The number of sulfonamides is 1. The van der Waals surface area contributed by atoms with Crippen molar-refractivity contribution in [2.75, 3.05) is 13.2 Å². The van der Waals surface area contributed by atoms with Gasteiger partial charge in [-0.25, -0.2) is 13.1 Å². The summed E-state index contributed by atoms with van der Waals surface area (Å²) < 4.78 is 32.9. The van der Waals surface area contributed by atoms with Crippen molar-refractivity contribution in [3.63, 3.8) is 0 Å². The third-order valence-electron chi connectivity index (χ3n) is 3.68. The lowest BCUT2D eigenvalue weighted by Crippen LogP contribution is -2.36. The molecular weight excluding hydrogens is 288 g/mol. The molecule has 0 unspecified atom stereocenters. The van der Waals surface area contributed by atoms with Crippen LogP contribution in [0.4, 0.5) is 0 Å². The number of hydrogen-bond donors (Lipinski definition) is 2. The normalized spacial score (nSPS) is 16.8. The molecular formula is C15H24N2O3S. The van der Waals surface area contributed by atoms with Crippen molar-refractivity contribution in [2.45, 2.75) is 49.5 Å². The Bertz CT molecular complexity index is 522. The van der Waals surface area contributed by atoms with Crippen LogP contribution >= 0.6 is 0 Å². The van der Waals surface area contributed by atoms with E-state index in [1.807, 2.05) is 0 Å². The van der Waals surface area contributed by atoms with E-state index in [4.69, 9.17) is 10.5 Å². The first-order valence-electron chi connectivity index (χ1n) is 7.57. The Morgan fingerprint density at radius 1 is 1.14 bits per heavy atom. The first-order chi connectivity index (χ1) is 10.1. The molecule has 118 valence electrons. The summed E-state index contributed by atoms with van der Waals surface area (Å²) >= 11 is 0. The largest absolute Gasteiger partial charge is 0.494 e. The molecule has 0 aromatic heterocycles. The molecule has 1 saturated carbocycles. The van der Waals surface area contributed by atoms with Crippen molar-refractivity contribution >= 4 is 10.0 Å². The van der Waals surface area contributed by atoms with Crippen LogP contribution in [-0.4, -0.2) is 27.6 Å². The average molecular weight is 312 g/mol. The Hall–Kier alpha value is -1.11. The van der Waals surface area contributed by atoms with E-state index in [1.54, 1.807) is 24.3 Å². The van der Waals surface area contributed by atoms with Gasteiger partial charge in [0.1, 0.15) is 5.75 Å². The lowest BCUT2D eigenvalue weighted by atomic mass is 9.96. The van der Waals surface area contributed by atoms with Gasteiger partial charge >= 0.3 is 0 Å². The first kappa shape index (κ1) is 16.3. The van der Waals surface area contributed by atoms with Gasteiger partial charge in [0.2, 0.25) is 10.0 Å². The molecule has 2 rings (SSSR count). The Kier molecular flexibility index (Phi) is 6.02. The van der Waals surface area contributed by atoms with Crippen LogP contribution in [-0.2, 0) is 10.0 Å². The van der Waals surface area contributed by atoms with Crippen molar-refractivity contribution in [2.24, 2.45) is 5.73 Å². The maximum atomic E-state index is 12.3. The van der Waals surface area contributed by atoms with Gasteiger partial charge in [-0.05, 0) is 50.1 Å². The fourth-order valence-electron chi connectivity index (χ4n) is 2.50. The summed E-state index contributed by atoms with van der Waals surface area (Å²) in [5.41, 5.74) is 5.40. The molecule has 0 amide bonds. The Balaban J connectivity index is 1.95. The van der Waals surface area contributed by atoms with Crippen molar-refractivity contribution in [3.8, 4) is 5.75 Å². The van der Waals surface area contributed by atoms with E-state index < -0.39 is 10.0 Å². The number of nitrogens with one attached hydrogen (secondary N) is 1. The van der Waals surface area contributed by atoms with E-state index in [-0.39, 0.29) is 6.04 Å². The number of hydrogen-bond acceptors (Lipinski definition) is 4. The van der Waals surface area contributed by atoms with E-state index in [0.717, 1.165) is 32.1 Å². The second-order valence-electron chi connectivity index (χ2n) is 5.42. The maximum absolute atomic E-state index is 12.3. The zero-order chi connectivity index (χ0) is 15.1. The van der Waals surface area contributed by atoms with Gasteiger partial charge in [-0.15, -0.1) is 0 Å². The second kappa shape index (κ2) is 7.77. The SMILES string of the molecule is NCCCOc1ccc(S(=O)(=O)NC2CCCCC2)cc1. The van der Waals surface area contributed by atoms with Gasteiger partial charge in [0.15, 0.2) is 0 Å². The summed E-state index contributed by atoms with van der Waals surface area (Å²) in [5, 5.41) is 0. The smallest absolute Gasteiger partial charge is 0.240 e. The summed E-state index contributed by atoms with van der Waals surface area (Å²) in [7, 11) is -3.43. The minimum atomic E-state index is -3.43. The van der Waals surface area contributed by atoms with Crippen LogP contribution in [0.3, 0.4) is 0 Å². The van der Waals surface area contributed by atoms with Crippen molar-refractivity contribution in [1.29, 1.82) is 0 Å². The molecule has 0 saturated heterocycles. The monoisotopic (exact) mass is 312 g/mol. The van der Waals surface area contributed by atoms with Crippen molar-refractivity contribution in [1.82, 2.24) is 4.72 Å². The van der Waals surface area contributed by atoms with Crippen LogP contribution in [0, 0.1) is 0 Å². The van der Waals surface area contributed by atoms with Gasteiger partial charge in [0, 0.05) is 6.04 Å². The van der Waals surface area contributed by atoms with Crippen LogP contribution in [0.2, 0.25) is 0 Å². The molecule has 3 N–H and O–H groups in total. The highest BCUT2D eigenvalue weighted by atomic mass is 32.2. The highest BCUT2D eigenvalue weighted by Crippen LogP contribution is 2.21.